The van der Waals surface area contributed by atoms with E-state index in [9.17, 15) is 0 Å². The van der Waals surface area contributed by atoms with Crippen LogP contribution in [0.3, 0.4) is 0 Å². The molecule has 2 atom stereocenters. The first-order valence-corrected chi connectivity index (χ1v) is 5.99. The van der Waals surface area contributed by atoms with E-state index >= 15 is 0 Å². The molecule has 0 saturated carbocycles. The summed E-state index contributed by atoms with van der Waals surface area (Å²) >= 11 is 0. The Morgan fingerprint density at radius 1 is 1.53 bits per heavy atom. The smallest absolute Gasteiger partial charge is 0.0710 e. The molecular weight excluding hydrogens is 188 g/mol. The molecule has 1 rings (SSSR count). The second-order valence-corrected chi connectivity index (χ2v) is 5.60. The fourth-order valence-electron chi connectivity index (χ4n) is 2.23. The van der Waals surface area contributed by atoms with Crippen LogP contribution in [0.15, 0.2) is 0 Å². The first-order valence-electron chi connectivity index (χ1n) is 5.99. The minimum atomic E-state index is 0.0883. The molecule has 1 aliphatic heterocycles. The number of hydrogen-bond donors (Lipinski definition) is 1. The van der Waals surface area contributed by atoms with Crippen molar-refractivity contribution in [1.82, 2.24) is 4.90 Å². The van der Waals surface area contributed by atoms with E-state index in [1.54, 1.807) is 0 Å². The van der Waals surface area contributed by atoms with Crippen LogP contribution in [0.5, 0.6) is 0 Å². The van der Waals surface area contributed by atoms with Crippen molar-refractivity contribution < 1.29 is 4.74 Å². The zero-order valence-electron chi connectivity index (χ0n) is 10.6. The van der Waals surface area contributed by atoms with Crippen LogP contribution in [-0.4, -0.2) is 43.3 Å². The average Bonchev–Trinajstić information content (AvgIpc) is 2.44. The summed E-state index contributed by atoms with van der Waals surface area (Å²) in [6.07, 6.45) is 2.78. The molecule has 0 radical (unpaired) electrons. The molecule has 0 bridgehead atoms. The van der Waals surface area contributed by atoms with E-state index in [0.29, 0.717) is 12.0 Å². The molecule has 0 spiro atoms. The number of hydrogen-bond acceptors (Lipinski definition) is 3. The molecular formula is C12H26N2O. The Kier molecular flexibility index (Phi) is 4.56. The summed E-state index contributed by atoms with van der Waals surface area (Å²) in [5.41, 5.74) is 5.70. The number of rotatable bonds is 5. The highest BCUT2D eigenvalue weighted by atomic mass is 16.5. The molecule has 2 unspecified atom stereocenters. The molecule has 1 aliphatic rings. The van der Waals surface area contributed by atoms with E-state index in [4.69, 9.17) is 10.5 Å². The molecule has 15 heavy (non-hydrogen) atoms. The Balaban J connectivity index is 2.24. The standard InChI is InChI=1S/C12H26N2O/c1-10(7-13)8-14(4)9-11-5-6-12(2,3)15-11/h10-11H,5-9,13H2,1-4H3. The van der Waals surface area contributed by atoms with Gasteiger partial charge in [0.05, 0.1) is 11.7 Å². The van der Waals surface area contributed by atoms with E-state index < -0.39 is 0 Å². The number of ether oxygens (including phenoxy) is 1. The molecule has 1 saturated heterocycles. The lowest BCUT2D eigenvalue weighted by Gasteiger charge is -2.25. The highest BCUT2D eigenvalue weighted by Crippen LogP contribution is 2.29. The number of nitrogens with zero attached hydrogens (tertiary/aromatic N) is 1. The number of likely N-dealkylation sites (N-methyl/N-ethyl adjacent to an activating group) is 1. The number of nitrogens with two attached hydrogens (primary N) is 1. The molecule has 1 fully saturated rings. The second kappa shape index (κ2) is 5.28. The third-order valence-electron chi connectivity index (χ3n) is 3.10. The largest absolute Gasteiger partial charge is 0.371 e. The fraction of sp³-hybridized carbons (Fsp3) is 1.00. The van der Waals surface area contributed by atoms with Crippen molar-refractivity contribution in [2.75, 3.05) is 26.7 Å². The summed E-state index contributed by atoms with van der Waals surface area (Å²) in [5.74, 6) is 0.574. The summed E-state index contributed by atoms with van der Waals surface area (Å²) in [5, 5.41) is 0. The Labute approximate surface area is 94.0 Å². The molecule has 0 aliphatic carbocycles. The molecule has 0 aromatic heterocycles. The van der Waals surface area contributed by atoms with Gasteiger partial charge in [-0.05, 0) is 46.2 Å². The lowest BCUT2D eigenvalue weighted by molar-refractivity contribution is -0.0268. The third-order valence-corrected chi connectivity index (χ3v) is 3.10. The third kappa shape index (κ3) is 4.49. The van der Waals surface area contributed by atoms with Crippen molar-refractivity contribution >= 4 is 0 Å². The molecule has 3 nitrogen and oxygen atoms in total. The first-order chi connectivity index (χ1) is 6.93. The van der Waals surface area contributed by atoms with Crippen LogP contribution in [0.25, 0.3) is 0 Å². The van der Waals surface area contributed by atoms with Crippen LogP contribution in [0.1, 0.15) is 33.6 Å². The molecule has 0 aromatic rings. The predicted octanol–water partition coefficient (Wildman–Crippen LogP) is 1.47. The maximum absolute atomic E-state index is 5.96. The van der Waals surface area contributed by atoms with E-state index in [2.05, 4.69) is 32.7 Å². The van der Waals surface area contributed by atoms with Gasteiger partial charge in [0.1, 0.15) is 0 Å². The van der Waals surface area contributed by atoms with Crippen LogP contribution in [0.2, 0.25) is 0 Å². The molecule has 2 N–H and O–H groups in total. The van der Waals surface area contributed by atoms with Gasteiger partial charge < -0.3 is 15.4 Å². The van der Waals surface area contributed by atoms with Crippen LogP contribution in [0, 0.1) is 5.92 Å². The maximum atomic E-state index is 5.96. The minimum absolute atomic E-state index is 0.0883. The van der Waals surface area contributed by atoms with Crippen molar-refractivity contribution in [2.24, 2.45) is 11.7 Å². The fourth-order valence-corrected chi connectivity index (χ4v) is 2.23. The van der Waals surface area contributed by atoms with Gasteiger partial charge in [-0.1, -0.05) is 6.92 Å². The van der Waals surface area contributed by atoms with E-state index in [1.165, 1.54) is 12.8 Å². The summed E-state index contributed by atoms with van der Waals surface area (Å²) in [6, 6.07) is 0. The summed E-state index contributed by atoms with van der Waals surface area (Å²) in [6.45, 7) is 9.41. The molecule has 0 aromatic carbocycles. The van der Waals surface area contributed by atoms with Crippen molar-refractivity contribution in [1.29, 1.82) is 0 Å². The SMILES string of the molecule is CC(CN)CN(C)CC1CCC(C)(C)O1. The van der Waals surface area contributed by atoms with E-state index in [-0.39, 0.29) is 5.60 Å². The van der Waals surface area contributed by atoms with Gasteiger partial charge in [-0.15, -0.1) is 0 Å². The highest BCUT2D eigenvalue weighted by Gasteiger charge is 2.31. The van der Waals surface area contributed by atoms with Gasteiger partial charge in [-0.3, -0.25) is 0 Å². The summed E-state index contributed by atoms with van der Waals surface area (Å²) < 4.78 is 5.96. The second-order valence-electron chi connectivity index (χ2n) is 5.60. The van der Waals surface area contributed by atoms with Gasteiger partial charge in [0.15, 0.2) is 0 Å². The van der Waals surface area contributed by atoms with Gasteiger partial charge >= 0.3 is 0 Å². The Morgan fingerprint density at radius 3 is 2.67 bits per heavy atom. The van der Waals surface area contributed by atoms with Gasteiger partial charge in [-0.25, -0.2) is 0 Å². The van der Waals surface area contributed by atoms with Crippen LogP contribution in [0.4, 0.5) is 0 Å². The Morgan fingerprint density at radius 2 is 2.20 bits per heavy atom. The molecule has 3 heteroatoms. The van der Waals surface area contributed by atoms with Crippen molar-refractivity contribution in [3.05, 3.63) is 0 Å². The Hall–Kier alpha value is -0.120. The first kappa shape index (κ1) is 12.9. The van der Waals surface area contributed by atoms with Crippen molar-refractivity contribution in [3.63, 3.8) is 0 Å². The van der Waals surface area contributed by atoms with Gasteiger partial charge in [0.25, 0.3) is 0 Å². The van der Waals surface area contributed by atoms with E-state index in [1.807, 2.05) is 0 Å². The van der Waals surface area contributed by atoms with Crippen LogP contribution in [-0.2, 0) is 4.74 Å². The molecule has 1 heterocycles. The van der Waals surface area contributed by atoms with Gasteiger partial charge in [0, 0.05) is 13.1 Å². The monoisotopic (exact) mass is 214 g/mol. The van der Waals surface area contributed by atoms with Gasteiger partial charge in [0.2, 0.25) is 0 Å². The van der Waals surface area contributed by atoms with Crippen molar-refractivity contribution in [2.45, 2.75) is 45.3 Å². The van der Waals surface area contributed by atoms with Crippen molar-refractivity contribution in [3.8, 4) is 0 Å². The maximum Gasteiger partial charge on any atom is 0.0710 e. The average molecular weight is 214 g/mol. The predicted molar refractivity (Wildman–Crippen MR) is 63.9 cm³/mol. The summed E-state index contributed by atoms with van der Waals surface area (Å²) in [4.78, 5) is 2.34. The summed E-state index contributed by atoms with van der Waals surface area (Å²) in [7, 11) is 2.15. The zero-order chi connectivity index (χ0) is 11.5. The Bertz CT molecular complexity index is 194. The van der Waals surface area contributed by atoms with E-state index in [0.717, 1.165) is 19.6 Å². The zero-order valence-corrected chi connectivity index (χ0v) is 10.6. The topological polar surface area (TPSA) is 38.5 Å². The molecule has 0 amide bonds. The van der Waals surface area contributed by atoms with Gasteiger partial charge in [-0.2, -0.15) is 0 Å². The normalized spacial score (nSPS) is 27.2. The minimum Gasteiger partial charge on any atom is -0.371 e. The highest BCUT2D eigenvalue weighted by molar-refractivity contribution is 4.82. The van der Waals surface area contributed by atoms with Crippen LogP contribution >= 0.6 is 0 Å². The lowest BCUT2D eigenvalue weighted by atomic mass is 10.1. The molecule has 90 valence electrons. The van der Waals surface area contributed by atoms with Crippen LogP contribution < -0.4 is 5.73 Å². The quantitative estimate of drug-likeness (QED) is 0.753. The lowest BCUT2D eigenvalue weighted by Crippen LogP contribution is -2.35.